The molecule has 11 heteroatoms. The normalized spacial score (nSPS) is 16.2. The van der Waals surface area contributed by atoms with Gasteiger partial charge in [-0.2, -0.15) is 0 Å². The van der Waals surface area contributed by atoms with E-state index in [2.05, 4.69) is 32.8 Å². The molecular formula is C22H24N8O2S. The van der Waals surface area contributed by atoms with Crippen LogP contribution in [0, 0.1) is 0 Å². The minimum atomic E-state index is -0.288. The van der Waals surface area contributed by atoms with Gasteiger partial charge in [0.1, 0.15) is 0 Å². The van der Waals surface area contributed by atoms with Crippen molar-refractivity contribution in [3.8, 4) is 11.4 Å². The van der Waals surface area contributed by atoms with Crippen LogP contribution in [0.25, 0.3) is 22.6 Å². The number of benzene rings is 1. The van der Waals surface area contributed by atoms with E-state index in [1.165, 1.54) is 11.3 Å². The molecule has 1 aromatic carbocycles. The summed E-state index contributed by atoms with van der Waals surface area (Å²) in [5.74, 6) is 1.35. The molecule has 0 spiro atoms. The molecule has 0 unspecified atom stereocenters. The lowest BCUT2D eigenvalue weighted by molar-refractivity contribution is 0.0987. The maximum absolute atomic E-state index is 12.2. The van der Waals surface area contributed by atoms with Crippen LogP contribution in [0.1, 0.15) is 13.8 Å². The Balaban J connectivity index is 1.44. The van der Waals surface area contributed by atoms with Gasteiger partial charge in [0.25, 0.3) is 0 Å². The molecule has 3 aromatic heterocycles. The molecule has 0 saturated carbocycles. The van der Waals surface area contributed by atoms with Crippen molar-refractivity contribution >= 4 is 45.0 Å². The summed E-state index contributed by atoms with van der Waals surface area (Å²) in [6.07, 6.45) is 0. The first kappa shape index (κ1) is 21.3. The highest BCUT2D eigenvalue weighted by molar-refractivity contribution is 7.14. The van der Waals surface area contributed by atoms with Gasteiger partial charge in [0.05, 0.1) is 24.3 Å². The lowest BCUT2D eigenvalue weighted by Gasteiger charge is -2.34. The van der Waals surface area contributed by atoms with Crippen LogP contribution in [0.5, 0.6) is 0 Å². The Morgan fingerprint density at radius 1 is 1.21 bits per heavy atom. The summed E-state index contributed by atoms with van der Waals surface area (Å²) in [5, 5.41) is 17.0. The van der Waals surface area contributed by atoms with E-state index >= 15 is 0 Å². The van der Waals surface area contributed by atoms with E-state index < -0.39 is 0 Å². The summed E-state index contributed by atoms with van der Waals surface area (Å²) >= 11 is 1.47. The number of thiophene rings is 1. The minimum absolute atomic E-state index is 0.171. The third-order valence-electron chi connectivity index (χ3n) is 5.44. The van der Waals surface area contributed by atoms with E-state index in [-0.39, 0.29) is 12.1 Å². The molecule has 1 saturated heterocycles. The van der Waals surface area contributed by atoms with Crippen molar-refractivity contribution in [2.45, 2.75) is 26.4 Å². The third kappa shape index (κ3) is 4.37. The summed E-state index contributed by atoms with van der Waals surface area (Å²) < 4.78 is 7.38. The third-order valence-corrected chi connectivity index (χ3v) is 6.23. The number of aryl methyl sites for hydroxylation is 1. The first-order chi connectivity index (χ1) is 16.1. The van der Waals surface area contributed by atoms with Crippen molar-refractivity contribution in [3.63, 3.8) is 0 Å². The first-order valence-corrected chi connectivity index (χ1v) is 11.7. The maximum atomic E-state index is 12.2. The number of hydrogen-bond acceptors (Lipinski definition) is 8. The molecule has 2 N–H and O–H groups in total. The number of amides is 2. The van der Waals surface area contributed by atoms with Gasteiger partial charge in [-0.05, 0) is 55.6 Å². The van der Waals surface area contributed by atoms with Gasteiger partial charge in [0, 0.05) is 24.3 Å². The van der Waals surface area contributed by atoms with Gasteiger partial charge in [-0.3, -0.25) is 5.32 Å². The Morgan fingerprint density at radius 2 is 2.06 bits per heavy atom. The highest BCUT2D eigenvalue weighted by atomic mass is 32.1. The van der Waals surface area contributed by atoms with Crippen LogP contribution in [-0.4, -0.2) is 56.8 Å². The molecule has 0 radical (unpaired) electrons. The molecule has 0 bridgehead atoms. The fraction of sp³-hybridized carbons (Fsp3) is 0.318. The average Bonchev–Trinajstić information content (AvgIpc) is 3.49. The zero-order chi connectivity index (χ0) is 22.8. The van der Waals surface area contributed by atoms with Crippen molar-refractivity contribution in [2.75, 3.05) is 35.3 Å². The maximum Gasteiger partial charge on any atom is 0.324 e. The van der Waals surface area contributed by atoms with Gasteiger partial charge in [-0.1, -0.05) is 5.21 Å². The number of anilines is 3. The average molecular weight is 465 g/mol. The summed E-state index contributed by atoms with van der Waals surface area (Å²) in [6, 6.07) is 11.1. The minimum Gasteiger partial charge on any atom is -0.377 e. The zero-order valence-corrected chi connectivity index (χ0v) is 19.2. The van der Waals surface area contributed by atoms with Crippen LogP contribution in [0.4, 0.5) is 21.3 Å². The Morgan fingerprint density at radius 3 is 2.79 bits per heavy atom. The number of morpholine rings is 1. The summed E-state index contributed by atoms with van der Waals surface area (Å²) in [5.41, 5.74) is 2.91. The largest absolute Gasteiger partial charge is 0.377 e. The number of aromatic nitrogens is 5. The fourth-order valence-electron chi connectivity index (χ4n) is 3.75. The standard InChI is InChI=1S/C22H24N8O2S/c1-3-30-21-18(27-28-30)20(29-10-11-32-13-14(29)2)25-19(26-21)15-6-8-16(9-7-15)23-22(31)24-17-5-4-12-33-17/h4-9,12,14H,3,10-11,13H2,1-2H3,(H2,23,24,31)/t14-/m0/s1. The topological polar surface area (TPSA) is 110 Å². The molecule has 2 amide bonds. The van der Waals surface area contributed by atoms with Crippen molar-refractivity contribution in [2.24, 2.45) is 0 Å². The quantitative estimate of drug-likeness (QED) is 0.462. The second-order valence-corrected chi connectivity index (χ2v) is 8.65. The zero-order valence-electron chi connectivity index (χ0n) is 18.4. The molecule has 4 heterocycles. The van der Waals surface area contributed by atoms with E-state index in [1.54, 1.807) is 4.68 Å². The summed E-state index contributed by atoms with van der Waals surface area (Å²) in [4.78, 5) is 24.1. The van der Waals surface area contributed by atoms with E-state index in [9.17, 15) is 4.79 Å². The van der Waals surface area contributed by atoms with Gasteiger partial charge < -0.3 is 15.0 Å². The number of nitrogens with one attached hydrogen (secondary N) is 2. The smallest absolute Gasteiger partial charge is 0.324 e. The van der Waals surface area contributed by atoms with Crippen LogP contribution in [0.15, 0.2) is 41.8 Å². The predicted octanol–water partition coefficient (Wildman–Crippen LogP) is 3.84. The molecule has 0 aliphatic carbocycles. The molecule has 1 atom stereocenters. The summed E-state index contributed by atoms with van der Waals surface area (Å²) in [6.45, 7) is 6.78. The molecule has 1 aliphatic rings. The monoisotopic (exact) mass is 464 g/mol. The number of rotatable bonds is 5. The number of nitrogens with zero attached hydrogens (tertiary/aromatic N) is 6. The molecule has 1 fully saturated rings. The van der Waals surface area contributed by atoms with Crippen molar-refractivity contribution in [1.29, 1.82) is 0 Å². The van der Waals surface area contributed by atoms with Crippen LogP contribution < -0.4 is 15.5 Å². The lowest BCUT2D eigenvalue weighted by Crippen LogP contribution is -2.44. The molecule has 4 aromatic rings. The Labute approximate surface area is 194 Å². The van der Waals surface area contributed by atoms with E-state index in [0.29, 0.717) is 42.4 Å². The molecule has 33 heavy (non-hydrogen) atoms. The van der Waals surface area contributed by atoms with Gasteiger partial charge in [-0.25, -0.2) is 19.4 Å². The van der Waals surface area contributed by atoms with E-state index in [4.69, 9.17) is 14.7 Å². The highest BCUT2D eigenvalue weighted by Gasteiger charge is 2.26. The molecule has 5 rings (SSSR count). The number of carbonyl (C=O) groups excluding carboxylic acids is 1. The van der Waals surface area contributed by atoms with Crippen LogP contribution in [0.2, 0.25) is 0 Å². The number of fused-ring (bicyclic) bond motifs is 1. The summed E-state index contributed by atoms with van der Waals surface area (Å²) in [7, 11) is 0. The molecule has 10 nitrogen and oxygen atoms in total. The van der Waals surface area contributed by atoms with E-state index in [0.717, 1.165) is 22.9 Å². The van der Waals surface area contributed by atoms with Gasteiger partial charge in [-0.15, -0.1) is 16.4 Å². The van der Waals surface area contributed by atoms with E-state index in [1.807, 2.05) is 48.7 Å². The van der Waals surface area contributed by atoms with Crippen LogP contribution in [0.3, 0.4) is 0 Å². The second-order valence-electron chi connectivity index (χ2n) is 7.70. The first-order valence-electron chi connectivity index (χ1n) is 10.8. The van der Waals surface area contributed by atoms with Crippen LogP contribution in [-0.2, 0) is 11.3 Å². The second kappa shape index (κ2) is 9.12. The Kier molecular flexibility index (Phi) is 5.88. The molecule has 1 aliphatic heterocycles. The number of hydrogen-bond donors (Lipinski definition) is 2. The SMILES string of the molecule is CCn1nnc2c(N3CCOC[C@@H]3C)nc(-c3ccc(NC(=O)Nc4cccs4)cc3)nc21. The van der Waals surface area contributed by atoms with Gasteiger partial charge in [0.15, 0.2) is 22.8 Å². The van der Waals surface area contributed by atoms with Gasteiger partial charge >= 0.3 is 6.03 Å². The Hall–Kier alpha value is -3.57. The molecule has 170 valence electrons. The molecular weight excluding hydrogens is 440 g/mol. The van der Waals surface area contributed by atoms with Crippen molar-refractivity contribution in [3.05, 3.63) is 41.8 Å². The van der Waals surface area contributed by atoms with Crippen molar-refractivity contribution in [1.82, 2.24) is 25.0 Å². The van der Waals surface area contributed by atoms with Crippen molar-refractivity contribution < 1.29 is 9.53 Å². The number of carbonyl (C=O) groups is 1. The predicted molar refractivity (Wildman–Crippen MR) is 129 cm³/mol. The fourth-order valence-corrected chi connectivity index (χ4v) is 4.37. The lowest BCUT2D eigenvalue weighted by atomic mass is 10.2. The highest BCUT2D eigenvalue weighted by Crippen LogP contribution is 2.29. The number of ether oxygens (including phenoxy) is 1. The Bertz CT molecular complexity index is 1260. The van der Waals surface area contributed by atoms with Crippen LogP contribution >= 0.6 is 11.3 Å². The number of urea groups is 1. The van der Waals surface area contributed by atoms with Gasteiger partial charge in [0.2, 0.25) is 0 Å².